The molecular formula is C74H109N11O16S. The summed E-state index contributed by atoms with van der Waals surface area (Å²) in [5.74, 6) is -7.95. The van der Waals surface area contributed by atoms with Gasteiger partial charge in [0.1, 0.15) is 36.2 Å². The zero-order valence-electron chi connectivity index (χ0n) is 60.9. The number of cyclic esters (lactones) is 1. The molecule has 8 rings (SSSR count). The molecule has 0 unspecified atom stereocenters. The van der Waals surface area contributed by atoms with Gasteiger partial charge in [-0.2, -0.15) is 0 Å². The van der Waals surface area contributed by atoms with Gasteiger partial charge in [-0.1, -0.05) is 64.2 Å². The third kappa shape index (κ3) is 22.3. The van der Waals surface area contributed by atoms with Crippen LogP contribution in [0, 0.1) is 29.6 Å². The number of amides is 2. The number of carbonyl (C=O) groups excluding carboxylic acids is 7. The number of nitrogens with two attached hydrogens (primary N) is 1. The summed E-state index contributed by atoms with van der Waals surface area (Å²) in [6.45, 7) is 19.1. The number of nitrogens with zero attached hydrogens (tertiary/aromatic N) is 9. The summed E-state index contributed by atoms with van der Waals surface area (Å²) in [5, 5.41) is 37.9. The number of allylic oxidation sites excluding steroid dienone is 6. The Bertz CT molecular complexity index is 3290. The summed E-state index contributed by atoms with van der Waals surface area (Å²) in [7, 11) is 3.14. The smallest absolute Gasteiger partial charge is 0.329 e. The van der Waals surface area contributed by atoms with Crippen molar-refractivity contribution in [2.75, 3.05) is 103 Å². The maximum Gasteiger partial charge on any atom is 0.329 e. The van der Waals surface area contributed by atoms with Gasteiger partial charge >= 0.3 is 5.97 Å². The topological polar surface area (TPSA) is 341 Å². The Balaban J connectivity index is 0.834. The van der Waals surface area contributed by atoms with E-state index < -0.39 is 108 Å². The number of fused-ring (bicyclic) bond motifs is 3. The van der Waals surface area contributed by atoms with Crippen molar-refractivity contribution in [3.05, 3.63) is 83.5 Å². The van der Waals surface area contributed by atoms with Gasteiger partial charge in [0.05, 0.1) is 43.5 Å². The highest BCUT2D eigenvalue weighted by Crippen LogP contribution is 2.38. The van der Waals surface area contributed by atoms with Gasteiger partial charge in [0, 0.05) is 153 Å². The first kappa shape index (κ1) is 80.8. The molecule has 562 valence electrons. The molecule has 0 aromatic carbocycles. The van der Waals surface area contributed by atoms with Crippen LogP contribution in [-0.4, -0.2) is 250 Å². The molecule has 2 aromatic rings. The molecule has 6 N–H and O–H groups in total. The predicted molar refractivity (Wildman–Crippen MR) is 384 cm³/mol. The molecule has 5 fully saturated rings. The van der Waals surface area contributed by atoms with Crippen molar-refractivity contribution in [2.24, 2.45) is 35.3 Å². The van der Waals surface area contributed by atoms with Gasteiger partial charge in [-0.05, 0) is 120 Å². The first-order valence-electron chi connectivity index (χ1n) is 36.3. The van der Waals surface area contributed by atoms with E-state index in [1.165, 1.54) is 19.9 Å². The molecule has 102 heavy (non-hydrogen) atoms. The molecule has 28 heteroatoms. The lowest BCUT2D eigenvalue weighted by atomic mass is 9.80. The zero-order chi connectivity index (χ0) is 73.8. The van der Waals surface area contributed by atoms with Crippen molar-refractivity contribution in [3.63, 3.8) is 0 Å². The number of piperazine rings is 2. The minimum Gasteiger partial charge on any atom is -0.465 e. The van der Waals surface area contributed by atoms with Gasteiger partial charge < -0.3 is 74.4 Å². The molecule has 5 aliphatic heterocycles. The number of ketones is 4. The lowest BCUT2D eigenvalue weighted by Gasteiger charge is -2.42. The van der Waals surface area contributed by atoms with E-state index in [1.807, 2.05) is 54.0 Å². The van der Waals surface area contributed by atoms with Crippen molar-refractivity contribution >= 4 is 70.2 Å². The Morgan fingerprint density at radius 1 is 0.775 bits per heavy atom. The average Bonchev–Trinajstić information content (AvgIpc) is 0.771. The first-order chi connectivity index (χ1) is 48.8. The number of ether oxygens (including phenoxy) is 6. The van der Waals surface area contributed by atoms with E-state index in [0.29, 0.717) is 115 Å². The minimum atomic E-state index is -2.50. The normalized spacial score (nSPS) is 31.1. The van der Waals surface area contributed by atoms with Crippen LogP contribution in [0.3, 0.4) is 0 Å². The Morgan fingerprint density at radius 3 is 2.12 bits per heavy atom. The summed E-state index contributed by atoms with van der Waals surface area (Å²) in [6, 6.07) is -2.19. The monoisotopic (exact) mass is 1440 g/mol. The van der Waals surface area contributed by atoms with Gasteiger partial charge in [0.25, 0.3) is 16.9 Å². The molecule has 15 atom stereocenters. The van der Waals surface area contributed by atoms with Gasteiger partial charge in [-0.3, -0.25) is 33.7 Å². The number of methoxy groups -OCH3 is 2. The maximum absolute atomic E-state index is 14.7. The lowest BCUT2D eigenvalue weighted by Crippen LogP contribution is -2.61. The molecule has 2 aromatic heterocycles. The Morgan fingerprint density at radius 2 is 1.45 bits per heavy atom. The number of nitrogens with one attached hydrogen (secondary N) is 1. The highest BCUT2D eigenvalue weighted by molar-refractivity contribution is 7.80. The van der Waals surface area contributed by atoms with Gasteiger partial charge in [0.15, 0.2) is 11.6 Å². The molecule has 0 radical (unpaired) electrons. The standard InChI is InChI=1S/C74H109N11O16S/c1-46-15-11-10-12-16-47(2)61(96-8)39-56-20-18-51(6)74(95,101-56)68(92)69(93)85-23-14-13-17-58(85)70(94)99-62(40-59(87)48(3)36-50(5)66(90)67(91)65(89)49(4)35-46)57(75)37-53-19-21-60(63(38-53)97-9)100-73(102)80-43-54-41-76-71(77-42-54)84-30-28-82(29-31-84)64(88)22-33-98-34-32-81-24-26-83(27-25-81)72-78-44-55(45-79-72)52(7)86/h10-12,15-16,36,41-42,44-46,48-49,51,53,56-58,60-63,66-67,90-91,95H,13-14,17-35,37-40,43,75H2,1-9H3,(H,80,102)/b12-10?,15-11+,47-16?,50-36+/t46-,48-,49-,51-,53+,56+,57-,58+,60-,61+,62+,63-,66-,67+,74-/m1/s1. The summed E-state index contributed by atoms with van der Waals surface area (Å²) < 4.78 is 36.5. The molecule has 2 bridgehead atoms. The molecule has 2 amide bonds. The summed E-state index contributed by atoms with van der Waals surface area (Å²) in [4.78, 5) is 124. The molecule has 0 spiro atoms. The van der Waals surface area contributed by atoms with Crippen molar-refractivity contribution in [3.8, 4) is 0 Å². The van der Waals surface area contributed by atoms with E-state index in [0.717, 1.165) is 48.8 Å². The van der Waals surface area contributed by atoms with E-state index in [-0.39, 0.29) is 73.0 Å². The number of thiocarbonyl (C=S) groups is 1. The van der Waals surface area contributed by atoms with Crippen LogP contribution in [0.25, 0.3) is 0 Å². The number of esters is 1. The van der Waals surface area contributed by atoms with E-state index in [9.17, 15) is 48.9 Å². The first-order valence-corrected chi connectivity index (χ1v) is 36.7. The molecule has 1 saturated carbocycles. The van der Waals surface area contributed by atoms with Crippen LogP contribution in [0.1, 0.15) is 148 Å². The second-order valence-corrected chi connectivity index (χ2v) is 28.9. The number of rotatable bonds is 17. The molecule has 27 nitrogen and oxygen atoms in total. The molecule has 6 aliphatic rings. The van der Waals surface area contributed by atoms with Crippen molar-refractivity contribution in [1.29, 1.82) is 0 Å². The second kappa shape index (κ2) is 38.8. The van der Waals surface area contributed by atoms with E-state index in [4.69, 9.17) is 46.4 Å². The van der Waals surface area contributed by atoms with Gasteiger partial charge in [-0.25, -0.2) is 24.7 Å². The van der Waals surface area contributed by atoms with Gasteiger partial charge in [0.2, 0.25) is 23.6 Å². The third-order valence-electron chi connectivity index (χ3n) is 21.0. The van der Waals surface area contributed by atoms with Crippen molar-refractivity contribution < 1.29 is 77.3 Å². The number of piperidine rings is 1. The maximum atomic E-state index is 14.7. The Labute approximate surface area is 605 Å². The molecule has 7 heterocycles. The predicted octanol–water partition coefficient (Wildman–Crippen LogP) is 4.98. The van der Waals surface area contributed by atoms with Crippen LogP contribution in [0.2, 0.25) is 0 Å². The SMILES string of the molecule is CO[C@H]1C[C@@H]2CC[C@@H](C)[C@@](O)(O2)C(=O)C(=O)N2CCCC[C@H]2C(=O)O[C@H]([C@H](N)C[C@@H]2CC[C@@H](OC(=S)NCc3cnc(N4CCN(C(=O)CCOCCN5CCN(c6ncc(C(C)=O)cn6)CC5)CC4)nc3)[C@H](OC)C2)CC(=O)[C@H](C)/C=C(\C)[C@@H](O)[C@@H](O)C(=O)[C@H](C)C[C@H](C)/C=C/C=CC=C1C. The number of hydrogen-bond acceptors (Lipinski definition) is 25. The van der Waals surface area contributed by atoms with E-state index in [1.54, 1.807) is 59.8 Å². The third-order valence-corrected chi connectivity index (χ3v) is 21.2. The molecule has 1 aliphatic carbocycles. The number of hydrogen-bond donors (Lipinski definition) is 5. The molecule has 4 saturated heterocycles. The number of anilines is 2. The lowest BCUT2D eigenvalue weighted by molar-refractivity contribution is -0.265. The van der Waals surface area contributed by atoms with Crippen LogP contribution in [0.4, 0.5) is 11.9 Å². The number of Topliss-reactive ketones (excluding diaryl/α,β-unsaturated/α-hetero) is 4. The second-order valence-electron chi connectivity index (χ2n) is 28.6. The fourth-order valence-corrected chi connectivity index (χ4v) is 14.5. The fraction of sp³-hybridized carbons (Fsp3) is 0.676. The van der Waals surface area contributed by atoms with E-state index in [2.05, 4.69) is 35.1 Å². The Kier molecular flexibility index (Phi) is 30.7. The van der Waals surface area contributed by atoms with Crippen LogP contribution >= 0.6 is 12.2 Å². The zero-order valence-corrected chi connectivity index (χ0v) is 61.7. The Hall–Kier alpha value is -6.86. The largest absolute Gasteiger partial charge is 0.465 e. The summed E-state index contributed by atoms with van der Waals surface area (Å²) >= 11 is 5.68. The van der Waals surface area contributed by atoms with Crippen molar-refractivity contribution in [2.45, 2.75) is 199 Å². The van der Waals surface area contributed by atoms with Gasteiger partial charge in [-0.15, -0.1) is 0 Å². The fourth-order valence-electron chi connectivity index (χ4n) is 14.4. The number of carbonyl (C=O) groups is 7. The van der Waals surface area contributed by atoms with Crippen molar-refractivity contribution in [1.82, 2.24) is 40.0 Å². The summed E-state index contributed by atoms with van der Waals surface area (Å²) in [6.07, 6.45) is 15.2. The van der Waals surface area contributed by atoms with Crippen LogP contribution < -0.4 is 20.9 Å². The van der Waals surface area contributed by atoms with Crippen LogP contribution in [-0.2, 0) is 63.7 Å². The minimum absolute atomic E-state index is 0.0127. The summed E-state index contributed by atoms with van der Waals surface area (Å²) in [5.41, 5.74) is 9.35. The van der Waals surface area contributed by atoms with Crippen LogP contribution in [0.15, 0.2) is 72.4 Å². The quantitative estimate of drug-likeness (QED) is 0.0348. The highest BCUT2D eigenvalue weighted by Gasteiger charge is 2.53. The number of aliphatic hydroxyl groups is 3. The van der Waals surface area contributed by atoms with E-state index >= 15 is 0 Å². The number of aromatic nitrogens is 4. The van der Waals surface area contributed by atoms with Crippen LogP contribution in [0.5, 0.6) is 0 Å². The molecular weight excluding hydrogens is 1330 g/mol. The number of aliphatic hydroxyl groups excluding tert-OH is 2. The average molecular weight is 1440 g/mol. The highest BCUT2D eigenvalue weighted by atomic mass is 32.1.